The van der Waals surface area contributed by atoms with Crippen LogP contribution in [0, 0.1) is 0 Å². The predicted octanol–water partition coefficient (Wildman–Crippen LogP) is -0.00530. The van der Waals surface area contributed by atoms with Crippen LogP contribution in [-0.2, 0) is 4.79 Å². The first-order valence-electron chi connectivity index (χ1n) is 3.77. The Balaban J connectivity index is 2.20. The summed E-state index contributed by atoms with van der Waals surface area (Å²) >= 11 is 1.30. The summed E-state index contributed by atoms with van der Waals surface area (Å²) in [6, 6.07) is 0. The summed E-state index contributed by atoms with van der Waals surface area (Å²) in [4.78, 5) is 15.4. The number of thiazole rings is 1. The third kappa shape index (κ3) is 1.18. The number of anilines is 1. The number of aliphatic carboxylic acids is 1. The van der Waals surface area contributed by atoms with Crippen molar-refractivity contribution in [3.05, 3.63) is 11.1 Å². The van der Waals surface area contributed by atoms with Crippen LogP contribution in [0.5, 0.6) is 0 Å². The zero-order valence-corrected chi connectivity index (χ0v) is 7.54. The third-order valence-corrected chi connectivity index (χ3v) is 3.23. The summed E-state index contributed by atoms with van der Waals surface area (Å²) < 4.78 is 0. The van der Waals surface area contributed by atoms with Crippen molar-refractivity contribution in [1.82, 2.24) is 4.98 Å². The summed E-state index contributed by atoms with van der Waals surface area (Å²) in [6.45, 7) is 0. The fourth-order valence-electron chi connectivity index (χ4n) is 1.33. The molecule has 1 heterocycles. The van der Waals surface area contributed by atoms with Crippen LogP contribution in [0.15, 0.2) is 6.20 Å². The molecule has 0 bridgehead atoms. The van der Waals surface area contributed by atoms with Crippen LogP contribution in [-0.4, -0.2) is 21.6 Å². The molecular formula is C7H9N3O2S. The van der Waals surface area contributed by atoms with Crippen molar-refractivity contribution in [3.63, 3.8) is 0 Å². The Morgan fingerprint density at radius 1 is 1.85 bits per heavy atom. The van der Waals surface area contributed by atoms with Crippen molar-refractivity contribution in [2.75, 3.05) is 5.73 Å². The minimum absolute atomic E-state index is 0.111. The second kappa shape index (κ2) is 2.43. The molecule has 1 saturated carbocycles. The first kappa shape index (κ1) is 8.46. The molecular weight excluding hydrogens is 190 g/mol. The summed E-state index contributed by atoms with van der Waals surface area (Å²) in [5, 5.41) is 9.23. The number of nitrogens with two attached hydrogens (primary N) is 2. The summed E-state index contributed by atoms with van der Waals surface area (Å²) in [6.07, 6.45) is 2.08. The van der Waals surface area contributed by atoms with Gasteiger partial charge in [-0.1, -0.05) is 0 Å². The van der Waals surface area contributed by atoms with Gasteiger partial charge in [0.25, 0.3) is 0 Å². The van der Waals surface area contributed by atoms with Crippen LogP contribution in [0.2, 0.25) is 0 Å². The number of nitrogens with zero attached hydrogens (tertiary/aromatic N) is 1. The summed E-state index contributed by atoms with van der Waals surface area (Å²) in [5.74, 6) is -1.07. The van der Waals surface area contributed by atoms with Crippen LogP contribution < -0.4 is 11.5 Å². The molecule has 1 aliphatic rings. The zero-order valence-electron chi connectivity index (χ0n) is 6.73. The molecule has 2 rings (SSSR count). The van der Waals surface area contributed by atoms with Crippen molar-refractivity contribution >= 4 is 22.4 Å². The smallest absolute Gasteiger partial charge is 0.324 e. The van der Waals surface area contributed by atoms with Gasteiger partial charge in [-0.05, 0) is 6.42 Å². The Bertz CT molecular complexity index is 364. The van der Waals surface area contributed by atoms with E-state index in [0.29, 0.717) is 11.6 Å². The van der Waals surface area contributed by atoms with Crippen LogP contribution >= 0.6 is 11.3 Å². The highest BCUT2D eigenvalue weighted by Crippen LogP contribution is 2.51. The van der Waals surface area contributed by atoms with Gasteiger partial charge in [0.05, 0.1) is 0 Å². The largest absolute Gasteiger partial charge is 0.480 e. The van der Waals surface area contributed by atoms with E-state index < -0.39 is 11.5 Å². The fourth-order valence-corrected chi connectivity index (χ4v) is 2.22. The zero-order chi connectivity index (χ0) is 9.64. The van der Waals surface area contributed by atoms with Crippen molar-refractivity contribution in [2.45, 2.75) is 17.9 Å². The lowest BCUT2D eigenvalue weighted by atomic mass is 10.2. The second-order valence-corrected chi connectivity index (χ2v) is 4.30. The van der Waals surface area contributed by atoms with E-state index in [2.05, 4.69) is 4.98 Å². The van der Waals surface area contributed by atoms with E-state index in [1.54, 1.807) is 6.20 Å². The topological polar surface area (TPSA) is 102 Å². The molecule has 0 amide bonds. The number of carboxylic acid groups (broad SMARTS) is 1. The Morgan fingerprint density at radius 2 is 2.54 bits per heavy atom. The summed E-state index contributed by atoms with van der Waals surface area (Å²) in [5.41, 5.74) is 9.96. The molecule has 6 heteroatoms. The van der Waals surface area contributed by atoms with Gasteiger partial charge in [-0.3, -0.25) is 4.79 Å². The second-order valence-electron chi connectivity index (χ2n) is 3.20. The van der Waals surface area contributed by atoms with Gasteiger partial charge in [-0.25, -0.2) is 4.98 Å². The molecule has 0 spiro atoms. The number of aromatic nitrogens is 1. The SMILES string of the molecule is Nc1ncc(C2CC2(N)C(=O)O)s1. The number of rotatable bonds is 2. The molecule has 13 heavy (non-hydrogen) atoms. The minimum atomic E-state index is -1.08. The maximum absolute atomic E-state index is 10.7. The first-order chi connectivity index (χ1) is 6.04. The predicted molar refractivity (Wildman–Crippen MR) is 48.4 cm³/mol. The number of hydrogen-bond donors (Lipinski definition) is 3. The molecule has 70 valence electrons. The lowest BCUT2D eigenvalue weighted by Crippen LogP contribution is -2.34. The molecule has 1 aromatic rings. The van der Waals surface area contributed by atoms with Gasteiger partial charge in [-0.15, -0.1) is 11.3 Å². The number of carboxylic acids is 1. The monoisotopic (exact) mass is 199 g/mol. The highest BCUT2D eigenvalue weighted by molar-refractivity contribution is 7.15. The van der Waals surface area contributed by atoms with Crippen LogP contribution in [0.4, 0.5) is 5.13 Å². The van der Waals surface area contributed by atoms with Gasteiger partial charge >= 0.3 is 5.97 Å². The van der Waals surface area contributed by atoms with E-state index in [0.717, 1.165) is 4.88 Å². The van der Waals surface area contributed by atoms with Crippen LogP contribution in [0.1, 0.15) is 17.2 Å². The average Bonchev–Trinajstić information content (AvgIpc) is 2.55. The lowest BCUT2D eigenvalue weighted by molar-refractivity contribution is -0.139. The maximum atomic E-state index is 10.7. The van der Waals surface area contributed by atoms with E-state index in [-0.39, 0.29) is 5.92 Å². The Morgan fingerprint density at radius 3 is 2.92 bits per heavy atom. The molecule has 0 aromatic carbocycles. The van der Waals surface area contributed by atoms with Crippen molar-refractivity contribution in [3.8, 4) is 0 Å². The average molecular weight is 199 g/mol. The normalized spacial score (nSPS) is 31.6. The molecule has 5 nitrogen and oxygen atoms in total. The van der Waals surface area contributed by atoms with Gasteiger partial charge in [0.15, 0.2) is 5.13 Å². The molecule has 5 N–H and O–H groups in total. The molecule has 0 radical (unpaired) electrons. The standard InChI is InChI=1S/C7H9N3O2S/c8-6-10-2-4(13-6)3-1-7(3,9)5(11)12/h2-3H,1,9H2,(H2,8,10)(H,11,12). The molecule has 1 aromatic heterocycles. The Hall–Kier alpha value is -1.14. The van der Waals surface area contributed by atoms with E-state index in [1.165, 1.54) is 11.3 Å². The first-order valence-corrected chi connectivity index (χ1v) is 4.59. The molecule has 1 aliphatic carbocycles. The minimum Gasteiger partial charge on any atom is -0.480 e. The van der Waals surface area contributed by atoms with Gasteiger partial charge in [0.2, 0.25) is 0 Å². The fraction of sp³-hybridized carbons (Fsp3) is 0.429. The van der Waals surface area contributed by atoms with Crippen molar-refractivity contribution in [2.24, 2.45) is 5.73 Å². The molecule has 2 atom stereocenters. The highest BCUT2D eigenvalue weighted by Gasteiger charge is 2.59. The van der Waals surface area contributed by atoms with Crippen molar-refractivity contribution in [1.29, 1.82) is 0 Å². The molecule has 2 unspecified atom stereocenters. The van der Waals surface area contributed by atoms with Gasteiger partial charge < -0.3 is 16.6 Å². The maximum Gasteiger partial charge on any atom is 0.324 e. The van der Waals surface area contributed by atoms with E-state index >= 15 is 0 Å². The highest BCUT2D eigenvalue weighted by atomic mass is 32.1. The van der Waals surface area contributed by atoms with Crippen LogP contribution in [0.25, 0.3) is 0 Å². The Kier molecular flexibility index (Phi) is 1.58. The molecule has 1 fully saturated rings. The number of carbonyl (C=O) groups is 1. The van der Waals surface area contributed by atoms with Gasteiger partial charge in [0, 0.05) is 17.0 Å². The van der Waals surface area contributed by atoms with E-state index in [4.69, 9.17) is 16.6 Å². The lowest BCUT2D eigenvalue weighted by Gasteiger charge is -2.01. The quantitative estimate of drug-likeness (QED) is 0.622. The Labute approximate surface area is 78.4 Å². The van der Waals surface area contributed by atoms with E-state index in [9.17, 15) is 4.79 Å². The summed E-state index contributed by atoms with van der Waals surface area (Å²) in [7, 11) is 0. The van der Waals surface area contributed by atoms with Crippen LogP contribution in [0.3, 0.4) is 0 Å². The van der Waals surface area contributed by atoms with Crippen molar-refractivity contribution < 1.29 is 9.90 Å². The molecule has 0 saturated heterocycles. The third-order valence-electron chi connectivity index (χ3n) is 2.29. The molecule has 0 aliphatic heterocycles. The van der Waals surface area contributed by atoms with E-state index in [1.807, 2.05) is 0 Å². The number of hydrogen-bond acceptors (Lipinski definition) is 5. The van der Waals surface area contributed by atoms with Gasteiger partial charge in [0.1, 0.15) is 5.54 Å². The van der Waals surface area contributed by atoms with Gasteiger partial charge in [-0.2, -0.15) is 0 Å². The number of nitrogen functional groups attached to an aromatic ring is 1.